The van der Waals surface area contributed by atoms with E-state index in [4.69, 9.17) is 5.73 Å². The molecule has 1 heterocycles. The van der Waals surface area contributed by atoms with Crippen LogP contribution in [0.1, 0.15) is 5.69 Å². The molecule has 1 aromatic rings. The van der Waals surface area contributed by atoms with E-state index in [-0.39, 0.29) is 6.54 Å². The maximum Gasteiger partial charge on any atom is 0.257 e. The molecule has 1 aromatic heterocycles. The lowest BCUT2D eigenvalue weighted by Gasteiger charge is -2.04. The third-order valence-corrected chi connectivity index (χ3v) is 1.52. The van der Waals surface area contributed by atoms with Crippen molar-refractivity contribution in [1.29, 1.82) is 0 Å². The minimum Gasteiger partial charge on any atom is -0.330 e. The van der Waals surface area contributed by atoms with E-state index in [1.807, 2.05) is 0 Å². The van der Waals surface area contributed by atoms with Crippen molar-refractivity contribution in [2.24, 2.45) is 5.73 Å². The second-order valence-corrected chi connectivity index (χ2v) is 2.43. The molecule has 68 valence electrons. The Hall–Kier alpha value is -0.970. The largest absolute Gasteiger partial charge is 0.330 e. The van der Waals surface area contributed by atoms with Crippen LogP contribution in [0.25, 0.3) is 0 Å². The third-order valence-electron chi connectivity index (χ3n) is 1.52. The smallest absolute Gasteiger partial charge is 0.257 e. The van der Waals surface area contributed by atoms with E-state index in [0.717, 1.165) is 5.69 Å². The van der Waals surface area contributed by atoms with Crippen LogP contribution in [0, 0.1) is 0 Å². The number of nitrogens with two attached hydrogens (primary N) is 1. The number of nitrogens with zero attached hydrogens (tertiary/aromatic N) is 2. The van der Waals surface area contributed by atoms with Crippen LogP contribution in [0.5, 0.6) is 0 Å². The average Bonchev–Trinajstić information content (AvgIpc) is 2.37. The van der Waals surface area contributed by atoms with Crippen LogP contribution in [0.4, 0.5) is 8.78 Å². The standard InChI is InChI=1S/C7H11F2N3/c8-7(9)5-12-6(1-3-10)2-4-11-12/h2,4,7H,1,3,5,10H2. The first-order chi connectivity index (χ1) is 5.74. The van der Waals surface area contributed by atoms with Gasteiger partial charge in [0.15, 0.2) is 0 Å². The Kier molecular flexibility index (Phi) is 3.16. The molecule has 2 N–H and O–H groups in total. The maximum absolute atomic E-state index is 11.9. The van der Waals surface area contributed by atoms with Gasteiger partial charge in [-0.3, -0.25) is 4.68 Å². The van der Waals surface area contributed by atoms with Crippen LogP contribution in [-0.4, -0.2) is 22.8 Å². The van der Waals surface area contributed by atoms with E-state index in [1.165, 1.54) is 10.9 Å². The number of aromatic nitrogens is 2. The van der Waals surface area contributed by atoms with Crippen molar-refractivity contribution in [3.63, 3.8) is 0 Å². The zero-order valence-corrected chi connectivity index (χ0v) is 6.58. The van der Waals surface area contributed by atoms with Crippen molar-refractivity contribution in [3.8, 4) is 0 Å². The van der Waals surface area contributed by atoms with Crippen molar-refractivity contribution in [2.75, 3.05) is 6.54 Å². The first-order valence-corrected chi connectivity index (χ1v) is 3.73. The van der Waals surface area contributed by atoms with Crippen molar-refractivity contribution in [2.45, 2.75) is 19.4 Å². The summed E-state index contributed by atoms with van der Waals surface area (Å²) in [4.78, 5) is 0. The highest BCUT2D eigenvalue weighted by Gasteiger charge is 2.07. The highest BCUT2D eigenvalue weighted by atomic mass is 19.3. The summed E-state index contributed by atoms with van der Waals surface area (Å²) in [6.07, 6.45) is -0.262. The molecular weight excluding hydrogens is 164 g/mol. The van der Waals surface area contributed by atoms with Crippen LogP contribution < -0.4 is 5.73 Å². The van der Waals surface area contributed by atoms with Crippen LogP contribution >= 0.6 is 0 Å². The Morgan fingerprint density at radius 1 is 1.58 bits per heavy atom. The van der Waals surface area contributed by atoms with Crippen LogP contribution in [-0.2, 0) is 13.0 Å². The number of hydrogen-bond donors (Lipinski definition) is 1. The van der Waals surface area contributed by atoms with Gasteiger partial charge >= 0.3 is 0 Å². The topological polar surface area (TPSA) is 43.8 Å². The summed E-state index contributed by atoms with van der Waals surface area (Å²) in [7, 11) is 0. The van der Waals surface area contributed by atoms with Gasteiger partial charge in [-0.25, -0.2) is 8.78 Å². The summed E-state index contributed by atoms with van der Waals surface area (Å²) in [5, 5.41) is 3.76. The van der Waals surface area contributed by atoms with E-state index >= 15 is 0 Å². The Labute approximate surface area is 69.2 Å². The number of alkyl halides is 2. The lowest BCUT2D eigenvalue weighted by molar-refractivity contribution is 0.120. The fourth-order valence-electron chi connectivity index (χ4n) is 1.02. The van der Waals surface area contributed by atoms with Crippen LogP contribution in [0.3, 0.4) is 0 Å². The fourth-order valence-corrected chi connectivity index (χ4v) is 1.02. The molecule has 0 fully saturated rings. The SMILES string of the molecule is NCCc1ccnn1CC(F)F. The second kappa shape index (κ2) is 4.15. The van der Waals surface area contributed by atoms with Crippen molar-refractivity contribution >= 4 is 0 Å². The zero-order chi connectivity index (χ0) is 8.97. The summed E-state index contributed by atoms with van der Waals surface area (Å²) in [6.45, 7) is 0.108. The summed E-state index contributed by atoms with van der Waals surface area (Å²) in [5.41, 5.74) is 6.05. The number of rotatable bonds is 4. The van der Waals surface area contributed by atoms with Gasteiger partial charge in [-0.2, -0.15) is 5.10 Å². The lowest BCUT2D eigenvalue weighted by Crippen LogP contribution is -2.14. The molecule has 0 bridgehead atoms. The third kappa shape index (κ3) is 2.27. The molecule has 0 aliphatic carbocycles. The summed E-state index contributed by atoms with van der Waals surface area (Å²) >= 11 is 0. The summed E-state index contributed by atoms with van der Waals surface area (Å²) < 4.78 is 25.1. The average molecular weight is 175 g/mol. The number of hydrogen-bond acceptors (Lipinski definition) is 2. The van der Waals surface area contributed by atoms with Crippen LogP contribution in [0.15, 0.2) is 12.3 Å². The van der Waals surface area contributed by atoms with E-state index in [9.17, 15) is 8.78 Å². The Balaban J connectivity index is 2.63. The second-order valence-electron chi connectivity index (χ2n) is 2.43. The minimum atomic E-state index is -2.36. The summed E-state index contributed by atoms with van der Waals surface area (Å²) in [6, 6.07) is 1.70. The summed E-state index contributed by atoms with van der Waals surface area (Å²) in [5.74, 6) is 0. The molecule has 12 heavy (non-hydrogen) atoms. The van der Waals surface area contributed by atoms with E-state index < -0.39 is 6.43 Å². The van der Waals surface area contributed by atoms with Gasteiger partial charge in [0.2, 0.25) is 0 Å². The molecule has 0 saturated carbocycles. The molecule has 0 saturated heterocycles. The van der Waals surface area contributed by atoms with Gasteiger partial charge in [-0.05, 0) is 12.6 Å². The Morgan fingerprint density at radius 3 is 2.92 bits per heavy atom. The predicted molar refractivity (Wildman–Crippen MR) is 41.0 cm³/mol. The highest BCUT2D eigenvalue weighted by Crippen LogP contribution is 2.03. The molecule has 0 spiro atoms. The molecule has 3 nitrogen and oxygen atoms in total. The quantitative estimate of drug-likeness (QED) is 0.730. The van der Waals surface area contributed by atoms with Gasteiger partial charge in [-0.1, -0.05) is 0 Å². The Morgan fingerprint density at radius 2 is 2.33 bits per heavy atom. The predicted octanol–water partition coefficient (Wildman–Crippen LogP) is 0.649. The molecule has 0 aromatic carbocycles. The van der Waals surface area contributed by atoms with Crippen LogP contribution in [0.2, 0.25) is 0 Å². The van der Waals surface area contributed by atoms with E-state index in [2.05, 4.69) is 5.10 Å². The highest BCUT2D eigenvalue weighted by molar-refractivity contribution is 5.00. The lowest BCUT2D eigenvalue weighted by atomic mass is 10.3. The molecular formula is C7H11F2N3. The maximum atomic E-state index is 11.9. The molecule has 1 rings (SSSR count). The van der Waals surface area contributed by atoms with Gasteiger partial charge < -0.3 is 5.73 Å². The first kappa shape index (κ1) is 9.12. The molecule has 0 unspecified atom stereocenters. The van der Waals surface area contributed by atoms with Crippen molar-refractivity contribution < 1.29 is 8.78 Å². The number of halogens is 2. The van der Waals surface area contributed by atoms with Crippen molar-refractivity contribution in [3.05, 3.63) is 18.0 Å². The molecule has 0 radical (unpaired) electrons. The van der Waals surface area contributed by atoms with Gasteiger partial charge in [0.1, 0.15) is 6.54 Å². The molecule has 0 atom stereocenters. The van der Waals surface area contributed by atoms with Gasteiger partial charge in [-0.15, -0.1) is 0 Å². The molecule has 0 aliphatic heterocycles. The van der Waals surface area contributed by atoms with Gasteiger partial charge in [0.25, 0.3) is 6.43 Å². The monoisotopic (exact) mass is 175 g/mol. The van der Waals surface area contributed by atoms with Gasteiger partial charge in [0.05, 0.1) is 0 Å². The minimum absolute atomic E-state index is 0.345. The van der Waals surface area contributed by atoms with Gasteiger partial charge in [0, 0.05) is 18.3 Å². The first-order valence-electron chi connectivity index (χ1n) is 3.73. The Bertz CT molecular complexity index is 234. The normalized spacial score (nSPS) is 11.0. The fraction of sp³-hybridized carbons (Fsp3) is 0.571. The van der Waals surface area contributed by atoms with Crippen molar-refractivity contribution in [1.82, 2.24) is 9.78 Å². The molecule has 0 aliphatic rings. The molecule has 5 heteroatoms. The zero-order valence-electron chi connectivity index (χ0n) is 6.58. The van der Waals surface area contributed by atoms with E-state index in [0.29, 0.717) is 13.0 Å². The molecule has 0 amide bonds. The van der Waals surface area contributed by atoms with E-state index in [1.54, 1.807) is 6.07 Å².